The molecule has 0 aromatic heterocycles. The minimum atomic E-state index is -0.0964. The molecule has 0 saturated carbocycles. The van der Waals surface area contributed by atoms with E-state index in [1.165, 1.54) is 5.56 Å². The Hall–Kier alpha value is -1.32. The van der Waals surface area contributed by atoms with E-state index in [2.05, 4.69) is 27.3 Å². The molecule has 0 unspecified atom stereocenters. The molecule has 2 aromatic carbocycles. The zero-order valence-electron chi connectivity index (χ0n) is 10.2. The number of hydrogen-bond donors (Lipinski definition) is 1. The highest BCUT2D eigenvalue weighted by Gasteiger charge is 2.04. The first-order valence-corrected chi connectivity index (χ1v) is 7.36. The molecule has 0 aliphatic carbocycles. The molecule has 0 aliphatic rings. The second-order valence-electron chi connectivity index (χ2n) is 4.14. The van der Waals surface area contributed by atoms with Gasteiger partial charge >= 0.3 is 0 Å². The zero-order chi connectivity index (χ0) is 13.7. The Morgan fingerprint density at radius 3 is 2.47 bits per heavy atom. The molecule has 98 valence electrons. The predicted molar refractivity (Wildman–Crippen MR) is 81.7 cm³/mol. The molecule has 1 amide bonds. The van der Waals surface area contributed by atoms with E-state index in [0.717, 1.165) is 10.9 Å². The van der Waals surface area contributed by atoms with Crippen molar-refractivity contribution in [1.82, 2.24) is 5.32 Å². The predicted octanol–water partition coefficient (Wildman–Crippen LogP) is 4.16. The van der Waals surface area contributed by atoms with Gasteiger partial charge in [-0.1, -0.05) is 51.8 Å². The molecule has 0 atom stereocenters. The molecule has 0 bridgehead atoms. The highest BCUT2D eigenvalue weighted by Crippen LogP contribution is 2.11. The monoisotopic (exact) mass is 337 g/mol. The molecule has 2 rings (SSSR count). The van der Waals surface area contributed by atoms with Crippen LogP contribution in [0.4, 0.5) is 0 Å². The van der Waals surface area contributed by atoms with Crippen LogP contribution < -0.4 is 5.32 Å². The van der Waals surface area contributed by atoms with E-state index in [1.54, 1.807) is 24.3 Å². The molecule has 1 N–H and O–H groups in total. The van der Waals surface area contributed by atoms with E-state index >= 15 is 0 Å². The normalized spacial score (nSPS) is 10.2. The molecule has 0 saturated heterocycles. The first kappa shape index (κ1) is 14.1. The summed E-state index contributed by atoms with van der Waals surface area (Å²) >= 11 is 9.20. The molecule has 4 heteroatoms. The van der Waals surface area contributed by atoms with Crippen LogP contribution in [0.15, 0.2) is 48.5 Å². The lowest BCUT2D eigenvalue weighted by atomic mass is 10.1. The van der Waals surface area contributed by atoms with Crippen molar-refractivity contribution in [2.45, 2.75) is 11.9 Å². The van der Waals surface area contributed by atoms with Gasteiger partial charge in [-0.3, -0.25) is 4.79 Å². The quantitative estimate of drug-likeness (QED) is 0.833. The third kappa shape index (κ3) is 4.08. The number of nitrogens with one attached hydrogen (secondary N) is 1. The summed E-state index contributed by atoms with van der Waals surface area (Å²) in [6.07, 6.45) is 0. The van der Waals surface area contributed by atoms with Crippen LogP contribution in [0.3, 0.4) is 0 Å². The first-order valence-electron chi connectivity index (χ1n) is 5.86. The third-order valence-corrected chi connectivity index (χ3v) is 3.60. The van der Waals surface area contributed by atoms with Gasteiger partial charge in [0, 0.05) is 22.5 Å². The van der Waals surface area contributed by atoms with Crippen molar-refractivity contribution >= 4 is 33.4 Å². The molecule has 19 heavy (non-hydrogen) atoms. The van der Waals surface area contributed by atoms with Gasteiger partial charge in [0.1, 0.15) is 0 Å². The Morgan fingerprint density at radius 2 is 1.79 bits per heavy atom. The second-order valence-corrected chi connectivity index (χ2v) is 5.14. The Bertz CT molecular complexity index is 569. The number of carbonyl (C=O) groups is 1. The summed E-state index contributed by atoms with van der Waals surface area (Å²) in [7, 11) is 0. The average Bonchev–Trinajstić information content (AvgIpc) is 2.46. The van der Waals surface area contributed by atoms with Crippen molar-refractivity contribution in [2.75, 3.05) is 0 Å². The minimum absolute atomic E-state index is 0.0964. The van der Waals surface area contributed by atoms with E-state index in [0.29, 0.717) is 17.1 Å². The van der Waals surface area contributed by atoms with Gasteiger partial charge in [-0.2, -0.15) is 0 Å². The van der Waals surface area contributed by atoms with E-state index < -0.39 is 0 Å². The fraction of sp³-hybridized carbons (Fsp3) is 0.133. The summed E-state index contributed by atoms with van der Waals surface area (Å²) in [5.41, 5.74) is 2.89. The number of amides is 1. The van der Waals surface area contributed by atoms with Crippen LogP contribution in [0.25, 0.3) is 0 Å². The van der Waals surface area contributed by atoms with Crippen LogP contribution >= 0.6 is 27.5 Å². The summed E-state index contributed by atoms with van der Waals surface area (Å²) in [4.78, 5) is 11.9. The Balaban J connectivity index is 1.98. The van der Waals surface area contributed by atoms with Gasteiger partial charge in [0.15, 0.2) is 0 Å². The van der Waals surface area contributed by atoms with Crippen LogP contribution in [-0.2, 0) is 11.9 Å². The zero-order valence-corrected chi connectivity index (χ0v) is 12.5. The van der Waals surface area contributed by atoms with Gasteiger partial charge < -0.3 is 5.32 Å². The summed E-state index contributed by atoms with van der Waals surface area (Å²) in [5, 5.41) is 4.33. The Morgan fingerprint density at radius 1 is 1.11 bits per heavy atom. The summed E-state index contributed by atoms with van der Waals surface area (Å²) < 4.78 is 0. The lowest BCUT2D eigenvalue weighted by Gasteiger charge is -2.06. The largest absolute Gasteiger partial charge is 0.348 e. The molecule has 0 aliphatic heterocycles. The topological polar surface area (TPSA) is 29.1 Å². The number of carbonyl (C=O) groups excluding carboxylic acids is 1. The molecule has 2 aromatic rings. The fourth-order valence-corrected chi connectivity index (χ4v) is 2.18. The second kappa shape index (κ2) is 6.73. The molecule has 2 nitrogen and oxygen atoms in total. The molecule has 0 fully saturated rings. The van der Waals surface area contributed by atoms with Crippen molar-refractivity contribution in [1.29, 1.82) is 0 Å². The Kier molecular flexibility index (Phi) is 5.00. The van der Waals surface area contributed by atoms with E-state index in [1.807, 2.05) is 18.2 Å². The fourth-order valence-electron chi connectivity index (χ4n) is 1.71. The molecule has 0 radical (unpaired) electrons. The molecular formula is C15H13BrClNO. The van der Waals surface area contributed by atoms with Gasteiger partial charge in [0.2, 0.25) is 0 Å². The number of alkyl halides is 1. The Labute approximate surface area is 125 Å². The van der Waals surface area contributed by atoms with Crippen molar-refractivity contribution in [3.8, 4) is 0 Å². The molecular weight excluding hydrogens is 326 g/mol. The van der Waals surface area contributed by atoms with Gasteiger partial charge in [0.05, 0.1) is 0 Å². The van der Waals surface area contributed by atoms with Crippen LogP contribution in [-0.4, -0.2) is 5.91 Å². The third-order valence-electron chi connectivity index (χ3n) is 2.71. The number of hydrogen-bond acceptors (Lipinski definition) is 1. The maximum absolute atomic E-state index is 11.9. The molecule has 0 heterocycles. The van der Waals surface area contributed by atoms with Crippen molar-refractivity contribution in [2.24, 2.45) is 0 Å². The van der Waals surface area contributed by atoms with Crippen LogP contribution in [0.5, 0.6) is 0 Å². The van der Waals surface area contributed by atoms with Crippen molar-refractivity contribution < 1.29 is 4.79 Å². The average molecular weight is 339 g/mol. The van der Waals surface area contributed by atoms with Crippen LogP contribution in [0.2, 0.25) is 5.02 Å². The number of benzene rings is 2. The minimum Gasteiger partial charge on any atom is -0.348 e. The maximum atomic E-state index is 11.9. The number of halogens is 2. The van der Waals surface area contributed by atoms with Crippen molar-refractivity contribution in [3.63, 3.8) is 0 Å². The summed E-state index contributed by atoms with van der Waals surface area (Å²) in [6.45, 7) is 0.516. The van der Waals surface area contributed by atoms with E-state index in [4.69, 9.17) is 11.6 Å². The van der Waals surface area contributed by atoms with E-state index in [-0.39, 0.29) is 5.91 Å². The first-order chi connectivity index (χ1) is 9.19. The van der Waals surface area contributed by atoms with Gasteiger partial charge in [-0.25, -0.2) is 0 Å². The maximum Gasteiger partial charge on any atom is 0.251 e. The highest BCUT2D eigenvalue weighted by atomic mass is 79.9. The summed E-state index contributed by atoms with van der Waals surface area (Å²) in [6, 6.07) is 14.9. The number of rotatable bonds is 4. The highest BCUT2D eigenvalue weighted by molar-refractivity contribution is 9.08. The summed E-state index contributed by atoms with van der Waals surface area (Å²) in [5.74, 6) is -0.0964. The molecule has 0 spiro atoms. The lowest BCUT2D eigenvalue weighted by Crippen LogP contribution is -2.22. The van der Waals surface area contributed by atoms with Gasteiger partial charge in [-0.05, 0) is 35.4 Å². The SMILES string of the molecule is O=C(NCc1cccc(CBr)c1)c1ccc(Cl)cc1. The van der Waals surface area contributed by atoms with Crippen molar-refractivity contribution in [3.05, 3.63) is 70.2 Å². The van der Waals surface area contributed by atoms with Gasteiger partial charge in [-0.15, -0.1) is 0 Å². The lowest BCUT2D eigenvalue weighted by molar-refractivity contribution is 0.0951. The van der Waals surface area contributed by atoms with Crippen LogP contribution in [0.1, 0.15) is 21.5 Å². The standard InChI is InChI=1S/C15H13BrClNO/c16-9-11-2-1-3-12(8-11)10-18-15(19)13-4-6-14(17)7-5-13/h1-8H,9-10H2,(H,18,19). The van der Waals surface area contributed by atoms with E-state index in [9.17, 15) is 4.79 Å². The van der Waals surface area contributed by atoms with Crippen LogP contribution in [0, 0.1) is 0 Å². The van der Waals surface area contributed by atoms with Gasteiger partial charge in [0.25, 0.3) is 5.91 Å². The smallest absolute Gasteiger partial charge is 0.251 e.